The maximum Gasteiger partial charge on any atom is 0.295 e. The van der Waals surface area contributed by atoms with Gasteiger partial charge in [-0.2, -0.15) is 0 Å². The zero-order valence-corrected chi connectivity index (χ0v) is 23.2. The summed E-state index contributed by atoms with van der Waals surface area (Å²) < 4.78 is 16.8. The molecule has 8 heteroatoms. The van der Waals surface area contributed by atoms with Crippen molar-refractivity contribution in [3.8, 4) is 17.2 Å². The molecule has 1 aliphatic heterocycles. The molecule has 1 N–H and O–H groups in total. The quantitative estimate of drug-likeness (QED) is 0.160. The van der Waals surface area contributed by atoms with Crippen LogP contribution in [0.5, 0.6) is 17.2 Å². The third kappa shape index (κ3) is 6.48. The number of likely N-dealkylation sites (N-methyl/N-ethyl adjacent to an activating group) is 1. The van der Waals surface area contributed by atoms with Gasteiger partial charge >= 0.3 is 0 Å². The van der Waals surface area contributed by atoms with Gasteiger partial charge in [-0.25, -0.2) is 0 Å². The van der Waals surface area contributed by atoms with Crippen LogP contribution in [0.4, 0.5) is 0 Å². The Balaban J connectivity index is 2.06. The van der Waals surface area contributed by atoms with Crippen LogP contribution < -0.4 is 14.2 Å². The van der Waals surface area contributed by atoms with Crippen LogP contribution in [0.15, 0.2) is 48.0 Å². The van der Waals surface area contributed by atoms with E-state index >= 15 is 0 Å². The second-order valence-electron chi connectivity index (χ2n) is 9.21. The fourth-order valence-electron chi connectivity index (χ4n) is 4.66. The first-order valence-corrected chi connectivity index (χ1v) is 13.4. The molecule has 1 atom stereocenters. The summed E-state index contributed by atoms with van der Waals surface area (Å²) in [5, 5.41) is 11.3. The van der Waals surface area contributed by atoms with Crippen LogP contribution in [0.1, 0.15) is 57.2 Å². The number of methoxy groups -OCH3 is 2. The van der Waals surface area contributed by atoms with Crippen LogP contribution in [0.3, 0.4) is 0 Å². The summed E-state index contributed by atoms with van der Waals surface area (Å²) in [6.07, 6.45) is 3.11. The van der Waals surface area contributed by atoms with Crippen molar-refractivity contribution < 1.29 is 28.9 Å². The second kappa shape index (κ2) is 13.9. The van der Waals surface area contributed by atoms with E-state index in [1.807, 2.05) is 6.07 Å². The molecule has 8 nitrogen and oxygen atoms in total. The fraction of sp³-hybridized carbons (Fsp3) is 0.467. The second-order valence-corrected chi connectivity index (χ2v) is 9.21. The van der Waals surface area contributed by atoms with Crippen molar-refractivity contribution in [3.05, 3.63) is 59.2 Å². The topological polar surface area (TPSA) is 88.5 Å². The Labute approximate surface area is 225 Å². The lowest BCUT2D eigenvalue weighted by Crippen LogP contribution is -2.38. The largest absolute Gasteiger partial charge is 0.507 e. The summed E-state index contributed by atoms with van der Waals surface area (Å²) in [6.45, 7) is 9.43. The summed E-state index contributed by atoms with van der Waals surface area (Å²) in [6, 6.07) is 11.4. The van der Waals surface area contributed by atoms with Crippen molar-refractivity contribution >= 4 is 17.4 Å². The van der Waals surface area contributed by atoms with Gasteiger partial charge in [-0.15, -0.1) is 0 Å². The number of aliphatic hydroxyl groups is 1. The van der Waals surface area contributed by atoms with Crippen molar-refractivity contribution in [1.82, 2.24) is 9.80 Å². The minimum absolute atomic E-state index is 0.0541. The van der Waals surface area contributed by atoms with Crippen LogP contribution >= 0.6 is 0 Å². The fourth-order valence-corrected chi connectivity index (χ4v) is 4.66. The Morgan fingerprint density at radius 1 is 0.947 bits per heavy atom. The van der Waals surface area contributed by atoms with Crippen molar-refractivity contribution in [1.29, 1.82) is 0 Å². The molecule has 0 radical (unpaired) electrons. The number of Topliss-reactive ketones (excluding diaryl/α,β-unsaturated/α-hetero) is 1. The van der Waals surface area contributed by atoms with Gasteiger partial charge in [0.2, 0.25) is 0 Å². The molecule has 3 rings (SSSR count). The number of ether oxygens (including phenoxy) is 3. The Bertz CT molecular complexity index is 1120. The lowest BCUT2D eigenvalue weighted by atomic mass is 9.95. The van der Waals surface area contributed by atoms with Crippen molar-refractivity contribution in [2.45, 2.75) is 46.1 Å². The van der Waals surface area contributed by atoms with Crippen molar-refractivity contribution in [2.24, 2.45) is 0 Å². The highest BCUT2D eigenvalue weighted by atomic mass is 16.5. The molecule has 2 aromatic rings. The SMILES string of the molecule is CCCCCOc1ccc(C2C(=C(O)c3ccc(OC)cc3)C(=O)C(=O)N2CCN(CC)CC)cc1OC. The van der Waals surface area contributed by atoms with Gasteiger partial charge in [-0.1, -0.05) is 39.7 Å². The predicted molar refractivity (Wildman–Crippen MR) is 148 cm³/mol. The zero-order chi connectivity index (χ0) is 27.7. The van der Waals surface area contributed by atoms with E-state index < -0.39 is 17.7 Å². The molecular weight excluding hydrogens is 484 g/mol. The molecule has 0 bridgehead atoms. The highest BCUT2D eigenvalue weighted by Crippen LogP contribution is 2.42. The molecule has 2 aromatic carbocycles. The number of unbranched alkanes of at least 4 members (excludes halogenated alkanes) is 2. The van der Waals surface area contributed by atoms with E-state index in [4.69, 9.17) is 14.2 Å². The summed E-state index contributed by atoms with van der Waals surface area (Å²) >= 11 is 0. The number of carbonyl (C=O) groups excluding carboxylic acids is 2. The number of nitrogens with zero attached hydrogens (tertiary/aromatic N) is 2. The molecular formula is C30H40N2O6. The number of amides is 1. The van der Waals surface area contributed by atoms with Gasteiger partial charge < -0.3 is 29.1 Å². The molecule has 0 saturated carbocycles. The molecule has 38 heavy (non-hydrogen) atoms. The highest BCUT2D eigenvalue weighted by molar-refractivity contribution is 6.46. The van der Waals surface area contributed by atoms with Crippen molar-refractivity contribution in [2.75, 3.05) is 47.0 Å². The first-order valence-electron chi connectivity index (χ1n) is 13.4. The highest BCUT2D eigenvalue weighted by Gasteiger charge is 2.46. The zero-order valence-electron chi connectivity index (χ0n) is 23.2. The molecule has 1 fully saturated rings. The number of hydrogen-bond acceptors (Lipinski definition) is 7. The third-order valence-corrected chi connectivity index (χ3v) is 6.96. The normalized spacial score (nSPS) is 16.8. The Hall–Kier alpha value is -3.52. The van der Waals surface area contributed by atoms with Crippen LogP contribution in [0.2, 0.25) is 0 Å². The summed E-state index contributed by atoms with van der Waals surface area (Å²) in [4.78, 5) is 30.4. The first kappa shape index (κ1) is 29.0. The van der Waals surface area contributed by atoms with Gasteiger partial charge in [-0.05, 0) is 61.5 Å². The average molecular weight is 525 g/mol. The van der Waals surface area contributed by atoms with Crippen LogP contribution in [0.25, 0.3) is 5.76 Å². The lowest BCUT2D eigenvalue weighted by Gasteiger charge is -2.28. The number of likely N-dealkylation sites (tertiary alicyclic amines) is 1. The van der Waals surface area contributed by atoms with Gasteiger partial charge in [0.15, 0.2) is 11.5 Å². The maximum absolute atomic E-state index is 13.3. The van der Waals surface area contributed by atoms with Crippen LogP contribution in [0, 0.1) is 0 Å². The molecule has 1 unspecified atom stereocenters. The molecule has 1 aliphatic rings. The summed E-state index contributed by atoms with van der Waals surface area (Å²) in [5.74, 6) is 0.176. The first-order chi connectivity index (χ1) is 18.4. The number of hydrogen-bond donors (Lipinski definition) is 1. The molecule has 1 saturated heterocycles. The monoisotopic (exact) mass is 524 g/mol. The Morgan fingerprint density at radius 3 is 2.26 bits per heavy atom. The van der Waals surface area contributed by atoms with E-state index in [1.165, 1.54) is 0 Å². The van der Waals surface area contributed by atoms with Gasteiger partial charge in [0.1, 0.15) is 11.5 Å². The van der Waals surface area contributed by atoms with Gasteiger partial charge in [0.25, 0.3) is 11.7 Å². The molecule has 0 aromatic heterocycles. The van der Waals surface area contributed by atoms with E-state index in [-0.39, 0.29) is 11.3 Å². The predicted octanol–water partition coefficient (Wildman–Crippen LogP) is 5.04. The van der Waals surface area contributed by atoms with E-state index in [0.717, 1.165) is 32.4 Å². The molecule has 0 spiro atoms. The van der Waals surface area contributed by atoms with Gasteiger partial charge in [0, 0.05) is 18.7 Å². The summed E-state index contributed by atoms with van der Waals surface area (Å²) in [7, 11) is 3.12. The maximum atomic E-state index is 13.3. The number of carbonyl (C=O) groups is 2. The average Bonchev–Trinajstić information content (AvgIpc) is 3.20. The number of aliphatic hydroxyl groups excluding tert-OH is 1. The van der Waals surface area contributed by atoms with Crippen molar-refractivity contribution in [3.63, 3.8) is 0 Å². The molecule has 1 amide bonds. The molecule has 1 heterocycles. The minimum Gasteiger partial charge on any atom is -0.507 e. The molecule has 206 valence electrons. The minimum atomic E-state index is -0.768. The van der Waals surface area contributed by atoms with Gasteiger partial charge in [0.05, 0.1) is 32.4 Å². The standard InChI is InChI=1S/C30H40N2O6/c1-6-9-10-19-38-24-16-13-22(20-25(24)37-5)27-26(28(33)21-11-14-23(36-4)15-12-21)29(34)30(35)32(27)18-17-31(7-2)8-3/h11-16,20,27,33H,6-10,17-19H2,1-5H3. The van der Waals surface area contributed by atoms with E-state index in [9.17, 15) is 14.7 Å². The van der Waals surface area contributed by atoms with Crippen LogP contribution in [-0.2, 0) is 9.59 Å². The summed E-state index contributed by atoms with van der Waals surface area (Å²) in [5.41, 5.74) is 1.15. The third-order valence-electron chi connectivity index (χ3n) is 6.96. The van der Waals surface area contributed by atoms with E-state index in [2.05, 4.69) is 25.7 Å². The number of ketones is 1. The molecule has 0 aliphatic carbocycles. The van der Waals surface area contributed by atoms with Crippen LogP contribution in [-0.4, -0.2) is 73.6 Å². The lowest BCUT2D eigenvalue weighted by molar-refractivity contribution is -0.140. The van der Waals surface area contributed by atoms with E-state index in [1.54, 1.807) is 55.5 Å². The van der Waals surface area contributed by atoms with Gasteiger partial charge in [-0.3, -0.25) is 9.59 Å². The number of benzene rings is 2. The Morgan fingerprint density at radius 2 is 1.66 bits per heavy atom. The smallest absolute Gasteiger partial charge is 0.295 e. The van der Waals surface area contributed by atoms with E-state index in [0.29, 0.717) is 48.1 Å². The Kier molecular flexibility index (Phi) is 10.6. The number of rotatable bonds is 14.